The standard InChI is InChI=1S/C17H25N3O3S2/c1-13(17(21)19-14-6-2-3-7-14)24-16-9-8-15(12-18-16)25(22,23)20-10-4-5-11-20/h8-9,12-14H,2-7,10-11H2,1H3,(H,19,21)/t13-/m1/s1. The number of pyridine rings is 1. The topological polar surface area (TPSA) is 79.4 Å². The van der Waals surface area contributed by atoms with Gasteiger partial charge in [-0.25, -0.2) is 13.4 Å². The van der Waals surface area contributed by atoms with E-state index in [2.05, 4.69) is 10.3 Å². The predicted octanol–water partition coefficient (Wildman–Crippen LogP) is 2.41. The average Bonchev–Trinajstić information content (AvgIpc) is 3.29. The maximum absolute atomic E-state index is 12.5. The highest BCUT2D eigenvalue weighted by Crippen LogP contribution is 2.25. The van der Waals surface area contributed by atoms with Crippen LogP contribution in [0, 0.1) is 0 Å². The lowest BCUT2D eigenvalue weighted by Crippen LogP contribution is -2.37. The number of carbonyl (C=O) groups excluding carboxylic acids is 1. The van der Waals surface area contributed by atoms with Crippen molar-refractivity contribution in [3.8, 4) is 0 Å². The van der Waals surface area contributed by atoms with Gasteiger partial charge in [-0.15, -0.1) is 0 Å². The fourth-order valence-corrected chi connectivity index (χ4v) is 5.55. The first kappa shape index (κ1) is 18.7. The Labute approximate surface area is 153 Å². The van der Waals surface area contributed by atoms with Crippen LogP contribution < -0.4 is 5.32 Å². The van der Waals surface area contributed by atoms with Crippen LogP contribution in [0.2, 0.25) is 0 Å². The van der Waals surface area contributed by atoms with Crippen LogP contribution in [-0.2, 0) is 14.8 Å². The molecule has 1 atom stereocenters. The summed E-state index contributed by atoms with van der Waals surface area (Å²) in [5.41, 5.74) is 0. The lowest BCUT2D eigenvalue weighted by molar-refractivity contribution is -0.120. The van der Waals surface area contributed by atoms with Gasteiger partial charge in [-0.1, -0.05) is 24.6 Å². The molecule has 2 fully saturated rings. The number of hydrogen-bond donors (Lipinski definition) is 1. The molecule has 1 saturated heterocycles. The molecule has 1 aromatic rings. The second-order valence-corrected chi connectivity index (χ2v) is 9.99. The van der Waals surface area contributed by atoms with E-state index in [0.29, 0.717) is 24.2 Å². The fraction of sp³-hybridized carbons (Fsp3) is 0.647. The normalized spacial score (nSPS) is 20.7. The average molecular weight is 384 g/mol. The molecule has 1 saturated carbocycles. The van der Waals surface area contributed by atoms with E-state index in [1.165, 1.54) is 35.1 Å². The van der Waals surface area contributed by atoms with Gasteiger partial charge in [0.15, 0.2) is 0 Å². The van der Waals surface area contributed by atoms with Gasteiger partial charge in [0.2, 0.25) is 15.9 Å². The minimum Gasteiger partial charge on any atom is -0.352 e. The Morgan fingerprint density at radius 2 is 1.92 bits per heavy atom. The van der Waals surface area contributed by atoms with Gasteiger partial charge >= 0.3 is 0 Å². The number of nitrogens with one attached hydrogen (secondary N) is 1. The molecule has 1 aromatic heterocycles. The van der Waals surface area contributed by atoms with Crippen molar-refractivity contribution in [3.63, 3.8) is 0 Å². The van der Waals surface area contributed by atoms with E-state index in [9.17, 15) is 13.2 Å². The lowest BCUT2D eigenvalue weighted by atomic mass is 10.2. The third-order valence-corrected chi connectivity index (χ3v) is 7.71. The first-order valence-electron chi connectivity index (χ1n) is 8.90. The van der Waals surface area contributed by atoms with Crippen LogP contribution in [-0.4, -0.2) is 48.0 Å². The van der Waals surface area contributed by atoms with E-state index in [-0.39, 0.29) is 16.1 Å². The molecule has 1 aliphatic heterocycles. The molecule has 8 heteroatoms. The lowest BCUT2D eigenvalue weighted by Gasteiger charge is -2.17. The molecule has 0 spiro atoms. The number of thioether (sulfide) groups is 1. The Hall–Kier alpha value is -1.12. The molecule has 0 bridgehead atoms. The van der Waals surface area contributed by atoms with E-state index in [1.807, 2.05) is 6.92 Å². The zero-order valence-corrected chi connectivity index (χ0v) is 16.1. The van der Waals surface area contributed by atoms with Crippen LogP contribution in [0.3, 0.4) is 0 Å². The van der Waals surface area contributed by atoms with Crippen LogP contribution in [0.5, 0.6) is 0 Å². The molecule has 0 aromatic carbocycles. The number of carbonyl (C=O) groups is 1. The summed E-state index contributed by atoms with van der Waals surface area (Å²) in [5.74, 6) is 0.0208. The van der Waals surface area contributed by atoms with Crippen LogP contribution in [0.15, 0.2) is 28.3 Å². The summed E-state index contributed by atoms with van der Waals surface area (Å²) in [6.45, 7) is 3.01. The summed E-state index contributed by atoms with van der Waals surface area (Å²) < 4.78 is 26.5. The van der Waals surface area contributed by atoms with Crippen molar-refractivity contribution in [2.45, 2.75) is 66.7 Å². The van der Waals surface area contributed by atoms with Crippen LogP contribution in [0.4, 0.5) is 0 Å². The van der Waals surface area contributed by atoms with Gasteiger partial charge in [0, 0.05) is 25.3 Å². The maximum atomic E-state index is 12.5. The van der Waals surface area contributed by atoms with Crippen molar-refractivity contribution in [1.82, 2.24) is 14.6 Å². The molecule has 1 aliphatic carbocycles. The van der Waals surface area contributed by atoms with Crippen molar-refractivity contribution in [2.24, 2.45) is 0 Å². The third-order valence-electron chi connectivity index (χ3n) is 4.78. The summed E-state index contributed by atoms with van der Waals surface area (Å²) >= 11 is 1.36. The number of aromatic nitrogens is 1. The molecule has 138 valence electrons. The largest absolute Gasteiger partial charge is 0.352 e. The monoisotopic (exact) mass is 383 g/mol. The highest BCUT2D eigenvalue weighted by molar-refractivity contribution is 8.00. The number of hydrogen-bond acceptors (Lipinski definition) is 5. The minimum atomic E-state index is -3.43. The fourth-order valence-electron chi connectivity index (χ4n) is 3.29. The summed E-state index contributed by atoms with van der Waals surface area (Å²) in [5, 5.41) is 3.49. The second kappa shape index (κ2) is 8.05. The molecule has 0 radical (unpaired) electrons. The Morgan fingerprint density at radius 3 is 2.52 bits per heavy atom. The van der Waals surface area contributed by atoms with Gasteiger partial charge in [0.1, 0.15) is 4.90 Å². The predicted molar refractivity (Wildman–Crippen MR) is 97.9 cm³/mol. The first-order chi connectivity index (χ1) is 12.0. The molecule has 2 aliphatic rings. The van der Waals surface area contributed by atoms with E-state index in [4.69, 9.17) is 0 Å². The molecule has 25 heavy (non-hydrogen) atoms. The summed E-state index contributed by atoms with van der Waals surface area (Å²) in [4.78, 5) is 16.7. The van der Waals surface area contributed by atoms with Crippen LogP contribution in [0.1, 0.15) is 45.4 Å². The van der Waals surface area contributed by atoms with Crippen molar-refractivity contribution < 1.29 is 13.2 Å². The van der Waals surface area contributed by atoms with Gasteiger partial charge in [0.25, 0.3) is 0 Å². The SMILES string of the molecule is C[C@@H](Sc1ccc(S(=O)(=O)N2CCCC2)cn1)C(=O)NC1CCCC1. The van der Waals surface area contributed by atoms with E-state index in [1.54, 1.807) is 12.1 Å². The van der Waals surface area contributed by atoms with Gasteiger partial charge in [0.05, 0.1) is 10.3 Å². The number of nitrogens with zero attached hydrogens (tertiary/aromatic N) is 2. The minimum absolute atomic E-state index is 0.0208. The smallest absolute Gasteiger partial charge is 0.244 e. The second-order valence-electron chi connectivity index (χ2n) is 6.69. The van der Waals surface area contributed by atoms with Crippen LogP contribution >= 0.6 is 11.8 Å². The number of sulfonamides is 1. The zero-order chi connectivity index (χ0) is 17.9. The molecule has 2 heterocycles. The molecular formula is C17H25N3O3S2. The van der Waals surface area contributed by atoms with E-state index >= 15 is 0 Å². The Kier molecular flexibility index (Phi) is 6.01. The van der Waals surface area contributed by atoms with Crippen LogP contribution in [0.25, 0.3) is 0 Å². The van der Waals surface area contributed by atoms with Crippen molar-refractivity contribution in [3.05, 3.63) is 18.3 Å². The highest BCUT2D eigenvalue weighted by atomic mass is 32.2. The number of rotatable bonds is 6. The highest BCUT2D eigenvalue weighted by Gasteiger charge is 2.27. The summed E-state index contributed by atoms with van der Waals surface area (Å²) in [6, 6.07) is 3.58. The quantitative estimate of drug-likeness (QED) is 0.763. The van der Waals surface area contributed by atoms with Gasteiger partial charge in [-0.3, -0.25) is 4.79 Å². The van der Waals surface area contributed by atoms with Crippen molar-refractivity contribution in [1.29, 1.82) is 0 Å². The maximum Gasteiger partial charge on any atom is 0.244 e. The Balaban J connectivity index is 1.59. The van der Waals surface area contributed by atoms with Gasteiger partial charge in [-0.05, 0) is 44.7 Å². The number of amides is 1. The summed E-state index contributed by atoms with van der Waals surface area (Å²) in [7, 11) is -3.43. The third kappa shape index (κ3) is 4.54. The van der Waals surface area contributed by atoms with Crippen molar-refractivity contribution >= 4 is 27.7 Å². The molecule has 0 unspecified atom stereocenters. The zero-order valence-electron chi connectivity index (χ0n) is 14.5. The summed E-state index contributed by atoms with van der Waals surface area (Å²) in [6.07, 6.45) is 7.71. The molecule has 3 rings (SSSR count). The molecule has 1 N–H and O–H groups in total. The Morgan fingerprint density at radius 1 is 1.24 bits per heavy atom. The van der Waals surface area contributed by atoms with Gasteiger partial charge < -0.3 is 5.32 Å². The Bertz CT molecular complexity index is 694. The van der Waals surface area contributed by atoms with Crippen molar-refractivity contribution in [2.75, 3.05) is 13.1 Å². The van der Waals surface area contributed by atoms with E-state index < -0.39 is 10.0 Å². The molecule has 6 nitrogen and oxygen atoms in total. The van der Waals surface area contributed by atoms with Gasteiger partial charge in [-0.2, -0.15) is 4.31 Å². The molecule has 1 amide bonds. The van der Waals surface area contributed by atoms with E-state index in [0.717, 1.165) is 25.7 Å². The first-order valence-corrected chi connectivity index (χ1v) is 11.2. The molecular weight excluding hydrogens is 358 g/mol.